The van der Waals surface area contributed by atoms with Gasteiger partial charge in [-0.3, -0.25) is 4.99 Å². The maximum atomic E-state index is 3.82. The van der Waals surface area contributed by atoms with Crippen LogP contribution in [0.3, 0.4) is 0 Å². The first kappa shape index (κ1) is 8.72. The zero-order chi connectivity index (χ0) is 9.14. The van der Waals surface area contributed by atoms with Gasteiger partial charge in [0.2, 0.25) is 0 Å². The maximum absolute atomic E-state index is 3.82. The first-order valence-corrected chi connectivity index (χ1v) is 3.88. The molecule has 0 saturated carbocycles. The first-order chi connectivity index (χ1) is 5.65. The number of hydrogen-bond acceptors (Lipinski definition) is 1. The van der Waals surface area contributed by atoms with E-state index in [1.54, 1.807) is 0 Å². The zero-order valence-electron chi connectivity index (χ0n) is 7.59. The first-order valence-electron chi connectivity index (χ1n) is 3.88. The summed E-state index contributed by atoms with van der Waals surface area (Å²) in [5.74, 6) is 0. The minimum Gasteiger partial charge on any atom is -0.265 e. The van der Waals surface area contributed by atoms with Gasteiger partial charge in [0.1, 0.15) is 0 Å². The van der Waals surface area contributed by atoms with E-state index in [4.69, 9.17) is 0 Å². The topological polar surface area (TPSA) is 12.4 Å². The molecule has 0 aliphatic carbocycles. The normalized spacial score (nSPS) is 9.50. The molecule has 0 heterocycles. The highest BCUT2D eigenvalue weighted by Gasteiger charge is 2.00. The molecule has 0 aliphatic rings. The Balaban J connectivity index is 3.22. The number of aryl methyl sites for hydroxylation is 2. The number of nitrogens with zero attached hydrogens (tertiary/aromatic N) is 1. The van der Waals surface area contributed by atoms with Gasteiger partial charge in [-0.25, -0.2) is 0 Å². The average Bonchev–Trinajstić information content (AvgIpc) is 2.08. The summed E-state index contributed by atoms with van der Waals surface area (Å²) in [7, 11) is 0. The standard InChI is InChI=1S/C11H13N/c1-8-5-6-9(2)11(7-8)10(3)12-4/h5-7H,3-4H2,1-2H3. The Morgan fingerprint density at radius 3 is 2.58 bits per heavy atom. The predicted molar refractivity (Wildman–Crippen MR) is 54.5 cm³/mol. The van der Waals surface area contributed by atoms with Crippen LogP contribution in [0.2, 0.25) is 0 Å². The number of benzene rings is 1. The quantitative estimate of drug-likeness (QED) is 0.588. The summed E-state index contributed by atoms with van der Waals surface area (Å²) in [6.45, 7) is 11.4. The third-order valence-electron chi connectivity index (χ3n) is 1.89. The number of rotatable bonds is 2. The van der Waals surface area contributed by atoms with Crippen LogP contribution in [0.4, 0.5) is 0 Å². The zero-order valence-corrected chi connectivity index (χ0v) is 7.59. The molecular formula is C11H13N. The Hall–Kier alpha value is -1.37. The van der Waals surface area contributed by atoms with Crippen LogP contribution >= 0.6 is 0 Å². The van der Waals surface area contributed by atoms with E-state index in [1.807, 2.05) is 6.92 Å². The monoisotopic (exact) mass is 159 g/mol. The van der Waals surface area contributed by atoms with Crippen molar-refractivity contribution in [3.8, 4) is 0 Å². The molecule has 1 aromatic rings. The van der Waals surface area contributed by atoms with Gasteiger partial charge < -0.3 is 0 Å². The van der Waals surface area contributed by atoms with Crippen LogP contribution < -0.4 is 0 Å². The van der Waals surface area contributed by atoms with Gasteiger partial charge in [-0.2, -0.15) is 0 Å². The highest BCUT2D eigenvalue weighted by molar-refractivity contribution is 5.68. The van der Waals surface area contributed by atoms with Crippen LogP contribution in [-0.2, 0) is 0 Å². The molecule has 0 aromatic heterocycles. The molecule has 0 radical (unpaired) electrons. The lowest BCUT2D eigenvalue weighted by molar-refractivity contribution is 1.35. The second kappa shape index (κ2) is 3.35. The van der Waals surface area contributed by atoms with Gasteiger partial charge in [0.15, 0.2) is 0 Å². The fraction of sp³-hybridized carbons (Fsp3) is 0.182. The van der Waals surface area contributed by atoms with E-state index >= 15 is 0 Å². The van der Waals surface area contributed by atoms with Gasteiger partial charge in [-0.15, -0.1) is 0 Å². The van der Waals surface area contributed by atoms with Gasteiger partial charge in [0.05, 0.1) is 5.70 Å². The fourth-order valence-corrected chi connectivity index (χ4v) is 1.13. The minimum absolute atomic E-state index is 0.746. The van der Waals surface area contributed by atoms with E-state index in [-0.39, 0.29) is 0 Å². The molecule has 0 atom stereocenters. The van der Waals surface area contributed by atoms with Crippen LogP contribution in [0, 0.1) is 13.8 Å². The fourth-order valence-electron chi connectivity index (χ4n) is 1.13. The van der Waals surface area contributed by atoms with Crippen molar-refractivity contribution in [2.75, 3.05) is 0 Å². The van der Waals surface area contributed by atoms with Crippen molar-refractivity contribution in [2.45, 2.75) is 13.8 Å². The van der Waals surface area contributed by atoms with Crippen molar-refractivity contribution in [1.29, 1.82) is 0 Å². The van der Waals surface area contributed by atoms with E-state index in [9.17, 15) is 0 Å². The van der Waals surface area contributed by atoms with Crippen molar-refractivity contribution in [3.05, 3.63) is 41.5 Å². The van der Waals surface area contributed by atoms with E-state index < -0.39 is 0 Å². The number of hydrogen-bond donors (Lipinski definition) is 0. The Morgan fingerprint density at radius 1 is 1.33 bits per heavy atom. The number of aliphatic imine (C=N–C) groups is 1. The summed E-state index contributed by atoms with van der Waals surface area (Å²) >= 11 is 0. The van der Waals surface area contributed by atoms with Crippen molar-refractivity contribution >= 4 is 12.4 Å². The molecule has 1 nitrogen and oxygen atoms in total. The summed E-state index contributed by atoms with van der Waals surface area (Å²) in [5.41, 5.74) is 4.25. The lowest BCUT2D eigenvalue weighted by Crippen LogP contribution is -1.86. The molecule has 12 heavy (non-hydrogen) atoms. The molecule has 0 N–H and O–H groups in total. The van der Waals surface area contributed by atoms with Crippen LogP contribution in [0.15, 0.2) is 29.8 Å². The van der Waals surface area contributed by atoms with Crippen molar-refractivity contribution in [3.63, 3.8) is 0 Å². The lowest BCUT2D eigenvalue weighted by Gasteiger charge is -2.05. The molecule has 1 rings (SSSR count). The minimum atomic E-state index is 0.746. The van der Waals surface area contributed by atoms with Gasteiger partial charge in [-0.05, 0) is 32.2 Å². The molecule has 0 fully saturated rings. The summed E-state index contributed by atoms with van der Waals surface area (Å²) in [5, 5.41) is 0. The highest BCUT2D eigenvalue weighted by Crippen LogP contribution is 2.18. The largest absolute Gasteiger partial charge is 0.265 e. The molecule has 0 aliphatic heterocycles. The highest BCUT2D eigenvalue weighted by atomic mass is 14.7. The molecule has 0 amide bonds. The SMILES string of the molecule is C=NC(=C)c1cc(C)ccc1C. The van der Waals surface area contributed by atoms with Crippen LogP contribution in [0.1, 0.15) is 16.7 Å². The van der Waals surface area contributed by atoms with Crippen LogP contribution in [0.5, 0.6) is 0 Å². The van der Waals surface area contributed by atoms with E-state index in [2.05, 4.69) is 43.4 Å². The predicted octanol–water partition coefficient (Wildman–Crippen LogP) is 2.97. The molecule has 0 saturated heterocycles. The smallest absolute Gasteiger partial charge is 0.0625 e. The van der Waals surface area contributed by atoms with E-state index in [0.717, 1.165) is 11.3 Å². The summed E-state index contributed by atoms with van der Waals surface area (Å²) in [6.07, 6.45) is 0. The molecular weight excluding hydrogens is 146 g/mol. The van der Waals surface area contributed by atoms with E-state index in [0.29, 0.717) is 0 Å². The molecule has 0 unspecified atom stereocenters. The maximum Gasteiger partial charge on any atom is 0.0625 e. The molecule has 62 valence electrons. The summed E-state index contributed by atoms with van der Waals surface area (Å²) < 4.78 is 0. The van der Waals surface area contributed by atoms with Crippen LogP contribution in [0.25, 0.3) is 5.70 Å². The Bertz CT molecular complexity index is 324. The van der Waals surface area contributed by atoms with Crippen molar-refractivity contribution in [1.82, 2.24) is 0 Å². The van der Waals surface area contributed by atoms with Crippen molar-refractivity contribution in [2.24, 2.45) is 4.99 Å². The van der Waals surface area contributed by atoms with Crippen LogP contribution in [-0.4, -0.2) is 6.72 Å². The summed E-state index contributed by atoms with van der Waals surface area (Å²) in [6, 6.07) is 6.22. The molecule has 0 bridgehead atoms. The molecule has 0 spiro atoms. The van der Waals surface area contributed by atoms with E-state index in [1.165, 1.54) is 11.1 Å². The Labute approximate surface area is 73.5 Å². The third kappa shape index (κ3) is 1.62. The average molecular weight is 159 g/mol. The Morgan fingerprint density at radius 2 is 2.00 bits per heavy atom. The van der Waals surface area contributed by atoms with Gasteiger partial charge >= 0.3 is 0 Å². The van der Waals surface area contributed by atoms with Crippen molar-refractivity contribution < 1.29 is 0 Å². The van der Waals surface area contributed by atoms with Gasteiger partial charge in [0.25, 0.3) is 0 Å². The second-order valence-electron chi connectivity index (χ2n) is 2.92. The molecule has 1 heteroatoms. The Kier molecular flexibility index (Phi) is 2.44. The third-order valence-corrected chi connectivity index (χ3v) is 1.89. The van der Waals surface area contributed by atoms with Gasteiger partial charge in [0, 0.05) is 5.56 Å². The summed E-state index contributed by atoms with van der Waals surface area (Å²) in [4.78, 5) is 3.82. The second-order valence-corrected chi connectivity index (χ2v) is 2.92. The molecule has 1 aromatic carbocycles. The lowest BCUT2D eigenvalue weighted by atomic mass is 10.0. The van der Waals surface area contributed by atoms with Gasteiger partial charge in [-0.1, -0.05) is 24.3 Å².